The first-order valence-electron chi connectivity index (χ1n) is 42.4. The minimum Gasteiger partial charge on any atom is -0.536 e. The van der Waals surface area contributed by atoms with Crippen molar-refractivity contribution in [3.05, 3.63) is 227 Å². The van der Waals surface area contributed by atoms with E-state index in [1.54, 1.807) is 74.5 Å². The lowest BCUT2D eigenvalue weighted by molar-refractivity contribution is -0.154. The van der Waals surface area contributed by atoms with Crippen molar-refractivity contribution < 1.29 is 137 Å². The number of pyridine rings is 3. The first-order valence-corrected chi connectivity index (χ1v) is 43.5. The number of para-hydroxylation sites is 1. The average molecular weight is 1950 g/mol. The van der Waals surface area contributed by atoms with Gasteiger partial charge in [-0.1, -0.05) is 102 Å². The number of Topliss-reactive ketones (excluding diaryl/α,β-unsaturated/α-hetero) is 3. The molecule has 6 aromatic carbocycles. The Bertz CT molecular complexity index is 6450. The molecule has 43 nitrogen and oxygen atoms in total. The summed E-state index contributed by atoms with van der Waals surface area (Å²) in [6, 6.07) is 20.3. The second-order valence-electron chi connectivity index (χ2n) is 33.1. The number of nitrogens with one attached hydrogen (secondary N) is 3. The standard InChI is InChI=1S/2C30H29BClN5O10.C29H29BClN5O8/c1-14-2-4-16-10-17(31(46)47-26(16)22(14)29(43)44)11-20(39)24(18-5-6-19(38)25(40)23(18)32)35-30(45)37-9-8-36(27(41)28(37)42)13-15-3-7-21(33)34-12-15;1-14-2-3-16-11-17(31(46)47-26(16)22(14)29(43)44)12-20(39)24(18-4-5-19(38)25(40)23(18)32)35-30(45)37-9-8-36(27(41)28(37)42)13-15-6-7-34-21(33)10-15;1-15-3-2-4-17-12-18(30(43)44-26(15)17)13-21(38)24(19-5-6-20(37)25(39)23(19)31)34-29(42)36-10-9-35(27(40)28(36)41)14-16-7-8-33-22(32)11-16/h2-7,12,17,24,38,40,46H,8-11,13H2,1H3,(H2,33,34)(H,35,45)(H,43,44);2-7,10,17,24,38,40,46H,8-9,11-13H2,1H3,(H2,33,34)(H,35,45)(H,43,44);2-8,11,18,24,37,39,43H,9-10,12-14H2,1H3,(H2,32,33)(H,34,42)/t2*17-,24?;18-,24?/m111/s1. The van der Waals surface area contributed by atoms with Crippen molar-refractivity contribution in [2.75, 3.05) is 56.5 Å². The van der Waals surface area contributed by atoms with Crippen LogP contribution in [0.5, 0.6) is 51.7 Å². The number of fused-ring (bicyclic) bond motifs is 3. The molecule has 0 bridgehead atoms. The quantitative estimate of drug-likeness (QED) is 0.0207. The van der Waals surface area contributed by atoms with Crippen molar-refractivity contribution in [3.63, 3.8) is 0 Å². The molecule has 15 rings (SSSR count). The highest BCUT2D eigenvalue weighted by Gasteiger charge is 2.48. The van der Waals surface area contributed by atoms with Crippen molar-refractivity contribution >= 4 is 156 Å². The van der Waals surface area contributed by atoms with Gasteiger partial charge in [-0.25, -0.2) is 38.9 Å². The molecule has 12 amide bonds. The van der Waals surface area contributed by atoms with Gasteiger partial charge in [-0.05, 0) is 139 Å². The Morgan fingerprint density at radius 2 is 0.739 bits per heavy atom. The number of aromatic hydroxyl groups is 6. The molecular weight excluding hydrogens is 1870 g/mol. The van der Waals surface area contributed by atoms with Crippen LogP contribution in [0.2, 0.25) is 32.5 Å². The number of aromatic nitrogens is 3. The summed E-state index contributed by atoms with van der Waals surface area (Å²) in [4.78, 5) is 200. The van der Waals surface area contributed by atoms with Crippen LogP contribution < -0.4 is 47.1 Å². The third-order valence-corrected chi connectivity index (χ3v) is 25.0. The van der Waals surface area contributed by atoms with Crippen molar-refractivity contribution in [3.8, 4) is 51.7 Å². The Hall–Kier alpha value is -15.5. The van der Waals surface area contributed by atoms with Gasteiger partial charge >= 0.3 is 86.8 Å². The van der Waals surface area contributed by atoms with Crippen LogP contribution in [-0.4, -0.2) is 244 Å². The maximum atomic E-state index is 13.8. The number of phenolic OH excluding ortho intramolecular Hbond substituents is 6. The molecule has 3 aromatic heterocycles. The number of hydrogen-bond donors (Lipinski definition) is 17. The highest BCUT2D eigenvalue weighted by molar-refractivity contribution is 6.48. The number of anilines is 3. The predicted octanol–water partition coefficient (Wildman–Crippen LogP) is 5.71. The average Bonchev–Trinajstić information content (AvgIpc) is 0.768. The molecule has 0 radical (unpaired) electrons. The number of carbonyl (C=O) groups excluding carboxylic acids is 12. The molecular formula is C89H87B3Cl3N15O28. The Morgan fingerprint density at radius 1 is 0.406 bits per heavy atom. The number of imide groups is 3. The highest BCUT2D eigenvalue weighted by atomic mass is 35.5. The molecule has 6 aliphatic rings. The molecule has 9 heterocycles. The van der Waals surface area contributed by atoms with Crippen LogP contribution in [0.3, 0.4) is 0 Å². The van der Waals surface area contributed by atoms with Crippen molar-refractivity contribution in [1.82, 2.24) is 60.3 Å². The van der Waals surface area contributed by atoms with Crippen LogP contribution in [0.4, 0.5) is 31.8 Å². The van der Waals surface area contributed by atoms with E-state index in [0.29, 0.717) is 65.8 Å². The molecule has 6 atom stereocenters. The lowest BCUT2D eigenvalue weighted by Crippen LogP contribution is -2.58. The maximum absolute atomic E-state index is 13.8. The monoisotopic (exact) mass is 1950 g/mol. The zero-order valence-corrected chi connectivity index (χ0v) is 75.5. The van der Waals surface area contributed by atoms with E-state index in [1.807, 2.05) is 25.1 Å². The number of urea groups is 3. The Morgan fingerprint density at radius 3 is 1.07 bits per heavy atom. The number of carboxylic acid groups (broad SMARTS) is 2. The summed E-state index contributed by atoms with van der Waals surface area (Å²) in [5.41, 5.74) is 21.6. The normalized spacial score (nSPS) is 16.9. The molecule has 0 saturated carbocycles. The van der Waals surface area contributed by atoms with Crippen LogP contribution in [0.25, 0.3) is 0 Å². The van der Waals surface area contributed by atoms with Gasteiger partial charge in [0.2, 0.25) is 0 Å². The fraction of sp³-hybridized carbons (Fsp3) is 0.270. The predicted molar refractivity (Wildman–Crippen MR) is 490 cm³/mol. The lowest BCUT2D eigenvalue weighted by atomic mass is 9.64. The summed E-state index contributed by atoms with van der Waals surface area (Å²) >= 11 is 18.8. The van der Waals surface area contributed by atoms with E-state index in [1.165, 1.54) is 51.5 Å². The number of carboxylic acids is 2. The molecule has 3 fully saturated rings. The molecule has 3 unspecified atom stereocenters. The maximum Gasteiger partial charge on any atom is 0.526 e. The molecule has 716 valence electrons. The number of hydrogen-bond acceptors (Lipinski definition) is 32. The van der Waals surface area contributed by atoms with Gasteiger partial charge < -0.3 is 118 Å². The number of aromatic carboxylic acids is 2. The van der Waals surface area contributed by atoms with Gasteiger partial charge in [0.25, 0.3) is 0 Å². The minimum atomic E-state index is -1.62. The van der Waals surface area contributed by atoms with E-state index >= 15 is 0 Å². The summed E-state index contributed by atoms with van der Waals surface area (Å²) in [6.45, 7) is 4.51. The summed E-state index contributed by atoms with van der Waals surface area (Å²) < 4.78 is 16.8. The summed E-state index contributed by atoms with van der Waals surface area (Å²) in [6.07, 6.45) is 3.61. The van der Waals surface area contributed by atoms with E-state index in [4.69, 9.17) is 66.0 Å². The first kappa shape index (κ1) is 100.0. The van der Waals surface area contributed by atoms with E-state index in [2.05, 4.69) is 30.9 Å². The number of nitrogen functional groups attached to an aromatic ring is 3. The smallest absolute Gasteiger partial charge is 0.526 e. The number of aryl methyl sites for hydroxylation is 3. The number of benzene rings is 6. The molecule has 3 saturated heterocycles. The third kappa shape index (κ3) is 21.9. The van der Waals surface area contributed by atoms with E-state index in [9.17, 15) is 123 Å². The van der Waals surface area contributed by atoms with E-state index in [0.717, 1.165) is 29.3 Å². The largest absolute Gasteiger partial charge is 0.536 e. The zero-order valence-electron chi connectivity index (χ0n) is 73.3. The van der Waals surface area contributed by atoms with Crippen molar-refractivity contribution in [2.24, 2.45) is 0 Å². The third-order valence-electron chi connectivity index (χ3n) is 23.8. The second-order valence-corrected chi connectivity index (χ2v) is 34.2. The van der Waals surface area contributed by atoms with Gasteiger partial charge in [0.15, 0.2) is 51.8 Å². The molecule has 20 N–H and O–H groups in total. The van der Waals surface area contributed by atoms with Gasteiger partial charge in [0.1, 0.15) is 64.0 Å². The molecule has 138 heavy (non-hydrogen) atoms. The fourth-order valence-corrected chi connectivity index (χ4v) is 17.3. The van der Waals surface area contributed by atoms with Crippen LogP contribution in [0, 0.1) is 20.8 Å². The van der Waals surface area contributed by atoms with E-state index in [-0.39, 0.29) is 135 Å². The lowest BCUT2D eigenvalue weighted by Gasteiger charge is -2.34. The SMILES string of the molecule is Cc1ccc2c(c1C(=O)O)OB(O)[C@@H](CC(=O)C(NC(=O)N1CCN(Cc3ccc(N)nc3)C(=O)C1=O)c1ccc(O)c(O)c1Cl)C2.Cc1ccc2c(c1C(=O)O)OB(O)[C@@H](CC(=O)C(NC(=O)N1CCN(Cc3ccnc(N)c3)C(=O)C1=O)c1ccc(O)c(O)c1Cl)C2.Cc1cccc2c1OB(O)[C@@H](CC(=O)C(NC(=O)N1CCN(Cc3ccnc(N)c3)C(=O)C1=O)c1ccc(O)c(O)c1Cl)C2. The van der Waals surface area contributed by atoms with E-state index < -0.39 is 202 Å². The number of amides is 12. The number of carbonyl (C=O) groups is 14. The van der Waals surface area contributed by atoms with Gasteiger partial charge in [-0.2, -0.15) is 0 Å². The van der Waals surface area contributed by atoms with Crippen LogP contribution in [0.15, 0.2) is 134 Å². The number of halogens is 3. The molecule has 0 spiro atoms. The number of rotatable bonds is 23. The van der Waals surface area contributed by atoms with Crippen molar-refractivity contribution in [1.29, 1.82) is 0 Å². The minimum absolute atomic E-state index is 0.0139. The van der Waals surface area contributed by atoms with Crippen LogP contribution in [-0.2, 0) is 82.0 Å². The van der Waals surface area contributed by atoms with Crippen molar-refractivity contribution in [2.45, 2.75) is 115 Å². The summed E-state index contributed by atoms with van der Waals surface area (Å²) in [5, 5.41) is 118. The number of nitrogens with two attached hydrogens (primary N) is 3. The van der Waals surface area contributed by atoms with Gasteiger partial charge in [0.05, 0.1) is 15.1 Å². The molecule has 6 aliphatic heterocycles. The summed E-state index contributed by atoms with van der Waals surface area (Å²) in [5.74, 6) is -16.1. The first-order chi connectivity index (χ1) is 65.5. The topological polar surface area (TPSA) is 661 Å². The highest BCUT2D eigenvalue weighted by Crippen LogP contribution is 2.47. The molecule has 49 heteroatoms. The molecule has 9 aromatic rings. The number of phenols is 6. The van der Waals surface area contributed by atoms with Gasteiger partial charge in [-0.3, -0.25) is 57.9 Å². The Balaban J connectivity index is 0.000000175. The zero-order chi connectivity index (χ0) is 100. The van der Waals surface area contributed by atoms with Gasteiger partial charge in [0, 0.05) is 131 Å². The number of ketones is 3. The number of piperazine rings is 3. The Labute approximate surface area is 799 Å². The molecule has 0 aliphatic carbocycles. The van der Waals surface area contributed by atoms with Crippen LogP contribution in [0.1, 0.15) is 125 Å². The second kappa shape index (κ2) is 42.2. The van der Waals surface area contributed by atoms with Crippen LogP contribution >= 0.6 is 34.8 Å². The van der Waals surface area contributed by atoms with Gasteiger partial charge in [-0.15, -0.1) is 0 Å². The fourth-order valence-electron chi connectivity index (χ4n) is 16.5. The Kier molecular flexibility index (Phi) is 30.6. The summed E-state index contributed by atoms with van der Waals surface area (Å²) in [7, 11) is -4.53. The number of nitrogens with zero attached hydrogens (tertiary/aromatic N) is 9.